The van der Waals surface area contributed by atoms with E-state index in [2.05, 4.69) is 10.6 Å². The molecular formula is C8H16MnN2O4. The van der Waals surface area contributed by atoms with Gasteiger partial charge in [0.25, 0.3) is 0 Å². The summed E-state index contributed by atoms with van der Waals surface area (Å²) in [5.74, 6) is 0. The predicted molar refractivity (Wildman–Crippen MR) is 47.4 cm³/mol. The predicted octanol–water partition coefficient (Wildman–Crippen LogP) is -1.34. The zero-order chi connectivity index (χ0) is 11.4. The van der Waals surface area contributed by atoms with Gasteiger partial charge in [-0.25, -0.2) is 0 Å². The van der Waals surface area contributed by atoms with Crippen LogP contribution in [-0.4, -0.2) is 25.3 Å². The minimum absolute atomic E-state index is 0. The Morgan fingerprint density at radius 2 is 1.20 bits per heavy atom. The number of nitrogens with one attached hydrogen (secondary N) is 2. The first-order valence-corrected chi connectivity index (χ1v) is 4.44. The number of hydrogen-bond acceptors (Lipinski definition) is 4. The summed E-state index contributed by atoms with van der Waals surface area (Å²) in [6, 6.07) is 0. The smallest absolute Gasteiger partial charge is 0.530 e. The van der Waals surface area contributed by atoms with E-state index in [-0.39, 0.29) is 17.1 Å². The van der Waals surface area contributed by atoms with Gasteiger partial charge in [-0.1, -0.05) is 13.8 Å². The Labute approximate surface area is 99.9 Å². The van der Waals surface area contributed by atoms with Crippen molar-refractivity contribution >= 4 is 12.2 Å². The van der Waals surface area contributed by atoms with Crippen molar-refractivity contribution in [3.8, 4) is 0 Å². The Morgan fingerprint density at radius 1 is 0.933 bits per heavy atom. The summed E-state index contributed by atoms with van der Waals surface area (Å²) in [5.41, 5.74) is 0. The van der Waals surface area contributed by atoms with Gasteiger partial charge in [-0.2, -0.15) is 0 Å². The minimum atomic E-state index is -1.19. The number of rotatable bonds is 4. The fraction of sp³-hybridized carbons (Fsp3) is 0.750. The molecule has 0 heterocycles. The standard InChI is InChI=1S/2C4H9NO2.Mn/c2*1-2-3-5-4(6)7;/h2*5H,2-3H2,1H3,(H,6,7);/q;;+2/p-2. The maximum absolute atomic E-state index is 9.54. The second-order valence-corrected chi connectivity index (χ2v) is 2.43. The van der Waals surface area contributed by atoms with E-state index >= 15 is 0 Å². The molecule has 0 bridgehead atoms. The molecule has 0 aliphatic heterocycles. The molecule has 0 aliphatic rings. The van der Waals surface area contributed by atoms with E-state index in [0.717, 1.165) is 12.8 Å². The van der Waals surface area contributed by atoms with Gasteiger partial charge < -0.3 is 30.4 Å². The van der Waals surface area contributed by atoms with Crippen molar-refractivity contribution in [1.82, 2.24) is 10.6 Å². The monoisotopic (exact) mass is 259 g/mol. The third-order valence-electron chi connectivity index (χ3n) is 1.04. The van der Waals surface area contributed by atoms with Crippen LogP contribution in [-0.2, 0) is 17.1 Å². The van der Waals surface area contributed by atoms with E-state index < -0.39 is 12.2 Å². The number of hydrogen-bond donors (Lipinski definition) is 2. The molecule has 0 rings (SSSR count). The van der Waals surface area contributed by atoms with E-state index in [0.29, 0.717) is 13.1 Å². The van der Waals surface area contributed by atoms with Crippen LogP contribution in [0.2, 0.25) is 0 Å². The molecule has 89 valence electrons. The number of carbonyl (C=O) groups is 2. The molecule has 0 saturated heterocycles. The van der Waals surface area contributed by atoms with Crippen LogP contribution in [0.3, 0.4) is 0 Å². The van der Waals surface area contributed by atoms with Crippen LogP contribution in [0.25, 0.3) is 0 Å². The van der Waals surface area contributed by atoms with E-state index in [1.54, 1.807) is 0 Å². The van der Waals surface area contributed by atoms with Crippen LogP contribution in [0.1, 0.15) is 26.7 Å². The van der Waals surface area contributed by atoms with Crippen LogP contribution in [0.15, 0.2) is 0 Å². The van der Waals surface area contributed by atoms with Crippen molar-refractivity contribution < 1.29 is 36.9 Å². The van der Waals surface area contributed by atoms with Crippen LogP contribution in [0.4, 0.5) is 9.59 Å². The minimum Gasteiger partial charge on any atom is -0.530 e. The fourth-order valence-corrected chi connectivity index (χ4v) is 0.454. The maximum Gasteiger partial charge on any atom is 2.00 e. The second-order valence-electron chi connectivity index (χ2n) is 2.43. The Balaban J connectivity index is -0.000000180. The Hall–Kier alpha value is -0.941. The summed E-state index contributed by atoms with van der Waals surface area (Å²) in [6.07, 6.45) is -0.759. The molecule has 0 aliphatic carbocycles. The Kier molecular flexibility index (Phi) is 20.3. The molecule has 2 amide bonds. The first kappa shape index (κ1) is 19.6. The molecule has 0 atom stereocenters. The summed E-state index contributed by atoms with van der Waals surface area (Å²) in [4.78, 5) is 19.1. The zero-order valence-electron chi connectivity index (χ0n) is 8.84. The Bertz CT molecular complexity index is 149. The van der Waals surface area contributed by atoms with Gasteiger partial charge in [-0.15, -0.1) is 0 Å². The van der Waals surface area contributed by atoms with Crippen molar-refractivity contribution in [1.29, 1.82) is 0 Å². The molecule has 0 saturated carbocycles. The fourth-order valence-electron chi connectivity index (χ4n) is 0.454. The normalized spacial score (nSPS) is 7.60. The molecule has 0 spiro atoms. The van der Waals surface area contributed by atoms with Gasteiger partial charge >= 0.3 is 17.1 Å². The quantitative estimate of drug-likeness (QED) is 0.609. The third-order valence-corrected chi connectivity index (χ3v) is 1.04. The topological polar surface area (TPSA) is 104 Å². The van der Waals surface area contributed by atoms with Gasteiger partial charge in [0.05, 0.1) is 0 Å². The van der Waals surface area contributed by atoms with Crippen LogP contribution < -0.4 is 20.8 Å². The van der Waals surface area contributed by atoms with Crippen molar-refractivity contribution in [2.75, 3.05) is 13.1 Å². The van der Waals surface area contributed by atoms with E-state index in [9.17, 15) is 19.8 Å². The van der Waals surface area contributed by atoms with Crippen LogP contribution >= 0.6 is 0 Å². The van der Waals surface area contributed by atoms with Crippen LogP contribution in [0, 0.1) is 0 Å². The first-order chi connectivity index (χ1) is 6.54. The van der Waals surface area contributed by atoms with Gasteiger partial charge in [0.1, 0.15) is 12.2 Å². The van der Waals surface area contributed by atoms with Gasteiger partial charge in [0.15, 0.2) is 0 Å². The summed E-state index contributed by atoms with van der Waals surface area (Å²) in [5, 5.41) is 23.3. The SMILES string of the molecule is CCCNC(=O)[O-].CCCNC(=O)[O-].[Mn+2]. The average molecular weight is 259 g/mol. The summed E-state index contributed by atoms with van der Waals surface area (Å²) in [6.45, 7) is 4.75. The molecule has 1 radical (unpaired) electrons. The largest absolute Gasteiger partial charge is 2.00 e. The molecule has 0 aromatic rings. The third kappa shape index (κ3) is 32.1. The van der Waals surface area contributed by atoms with Crippen molar-refractivity contribution in [2.45, 2.75) is 26.7 Å². The van der Waals surface area contributed by atoms with Crippen molar-refractivity contribution in [3.05, 3.63) is 0 Å². The molecule has 0 aromatic carbocycles. The molecular weight excluding hydrogens is 243 g/mol. The molecule has 15 heavy (non-hydrogen) atoms. The van der Waals surface area contributed by atoms with Gasteiger partial charge in [-0.05, 0) is 12.8 Å². The molecule has 0 aromatic heterocycles. The molecule has 7 heteroatoms. The summed E-state index contributed by atoms with van der Waals surface area (Å²) in [7, 11) is 0. The molecule has 0 fully saturated rings. The van der Waals surface area contributed by atoms with Gasteiger partial charge in [0.2, 0.25) is 0 Å². The van der Waals surface area contributed by atoms with E-state index in [4.69, 9.17) is 0 Å². The summed E-state index contributed by atoms with van der Waals surface area (Å²) < 4.78 is 0. The Morgan fingerprint density at radius 3 is 1.27 bits per heavy atom. The van der Waals surface area contributed by atoms with Crippen LogP contribution in [0.5, 0.6) is 0 Å². The van der Waals surface area contributed by atoms with Gasteiger partial charge in [-0.3, -0.25) is 0 Å². The van der Waals surface area contributed by atoms with Crippen molar-refractivity contribution in [2.24, 2.45) is 0 Å². The first-order valence-electron chi connectivity index (χ1n) is 4.44. The molecule has 6 nitrogen and oxygen atoms in total. The zero-order valence-corrected chi connectivity index (χ0v) is 10.0. The number of amides is 2. The average Bonchev–Trinajstić information content (AvgIpc) is 2.12. The second kappa shape index (κ2) is 15.5. The van der Waals surface area contributed by atoms with E-state index in [1.807, 2.05) is 13.8 Å². The maximum atomic E-state index is 9.54. The number of carbonyl (C=O) groups excluding carboxylic acids is 2. The van der Waals surface area contributed by atoms with Crippen molar-refractivity contribution in [3.63, 3.8) is 0 Å². The summed E-state index contributed by atoms with van der Waals surface area (Å²) >= 11 is 0. The molecule has 0 unspecified atom stereocenters. The van der Waals surface area contributed by atoms with Gasteiger partial charge in [0, 0.05) is 13.1 Å². The number of carboxylic acid groups (broad SMARTS) is 2. The molecule has 2 N–H and O–H groups in total. The van der Waals surface area contributed by atoms with E-state index in [1.165, 1.54) is 0 Å².